The normalized spacial score (nSPS) is 29.8. The number of alkyl halides is 3. The van der Waals surface area contributed by atoms with Crippen molar-refractivity contribution in [3.05, 3.63) is 0 Å². The smallest absolute Gasteiger partial charge is 0.339 e. The summed E-state index contributed by atoms with van der Waals surface area (Å²) in [4.78, 5) is 15.4. The van der Waals surface area contributed by atoms with Crippen LogP contribution in [0.2, 0.25) is 0 Å². The summed E-state index contributed by atoms with van der Waals surface area (Å²) in [5, 5.41) is 3.19. The molecule has 19 heavy (non-hydrogen) atoms. The summed E-state index contributed by atoms with van der Waals surface area (Å²) in [5.41, 5.74) is -0.522. The van der Waals surface area contributed by atoms with Crippen molar-refractivity contribution in [1.82, 2.24) is 15.1 Å². The lowest BCUT2D eigenvalue weighted by atomic mass is 9.98. The molecule has 0 radical (unpaired) electrons. The minimum absolute atomic E-state index is 0.0247. The van der Waals surface area contributed by atoms with E-state index in [1.165, 1.54) is 4.90 Å². The van der Waals surface area contributed by atoms with Gasteiger partial charge in [-0.3, -0.25) is 9.69 Å². The average Bonchev–Trinajstić information content (AvgIpc) is 2.75. The van der Waals surface area contributed by atoms with Gasteiger partial charge in [0.25, 0.3) is 0 Å². The van der Waals surface area contributed by atoms with E-state index >= 15 is 0 Å². The monoisotopic (exact) mass is 279 g/mol. The summed E-state index contributed by atoms with van der Waals surface area (Å²) in [5.74, 6) is 0.0247. The van der Waals surface area contributed by atoms with Crippen molar-refractivity contribution in [2.24, 2.45) is 0 Å². The van der Waals surface area contributed by atoms with E-state index in [1.54, 1.807) is 4.90 Å². The SMILES string of the molecule is CC1(C(=O)N2CCN(CC(F)(F)F)CC2)CCCN1. The molecule has 0 saturated carbocycles. The maximum Gasteiger partial charge on any atom is 0.401 e. The van der Waals surface area contributed by atoms with Gasteiger partial charge >= 0.3 is 6.18 Å². The van der Waals surface area contributed by atoms with Gasteiger partial charge in [0.1, 0.15) is 0 Å². The standard InChI is InChI=1S/C12H20F3N3O/c1-11(3-2-4-16-11)10(19)18-7-5-17(6-8-18)9-12(13,14)15/h16H,2-9H2,1H3. The Morgan fingerprint density at radius 1 is 1.26 bits per heavy atom. The molecule has 2 rings (SSSR count). The second kappa shape index (κ2) is 5.28. The molecule has 2 aliphatic heterocycles. The summed E-state index contributed by atoms with van der Waals surface area (Å²) in [6.45, 7) is 3.17. The van der Waals surface area contributed by atoms with E-state index in [0.29, 0.717) is 26.2 Å². The Balaban J connectivity index is 1.84. The summed E-state index contributed by atoms with van der Waals surface area (Å²) < 4.78 is 36.8. The number of piperazine rings is 1. The van der Waals surface area contributed by atoms with Gasteiger partial charge in [-0.2, -0.15) is 13.2 Å². The summed E-state index contributed by atoms with van der Waals surface area (Å²) >= 11 is 0. The zero-order chi connectivity index (χ0) is 14.1. The molecule has 2 saturated heterocycles. The van der Waals surface area contributed by atoms with Crippen molar-refractivity contribution in [2.45, 2.75) is 31.5 Å². The third-order valence-corrected chi connectivity index (χ3v) is 3.90. The van der Waals surface area contributed by atoms with Crippen LogP contribution >= 0.6 is 0 Å². The highest BCUT2D eigenvalue weighted by molar-refractivity contribution is 5.86. The van der Waals surface area contributed by atoms with E-state index in [1.807, 2.05) is 6.92 Å². The summed E-state index contributed by atoms with van der Waals surface area (Å²) in [6.07, 6.45) is -2.39. The van der Waals surface area contributed by atoms with E-state index in [9.17, 15) is 18.0 Å². The fourth-order valence-corrected chi connectivity index (χ4v) is 2.79. The van der Waals surface area contributed by atoms with Crippen LogP contribution in [0, 0.1) is 0 Å². The first-order valence-corrected chi connectivity index (χ1v) is 6.64. The molecule has 1 amide bonds. The highest BCUT2D eigenvalue weighted by Gasteiger charge is 2.40. The van der Waals surface area contributed by atoms with Crippen LogP contribution in [0.1, 0.15) is 19.8 Å². The van der Waals surface area contributed by atoms with Gasteiger partial charge in [-0.15, -0.1) is 0 Å². The zero-order valence-electron chi connectivity index (χ0n) is 11.1. The number of rotatable bonds is 2. The van der Waals surface area contributed by atoms with E-state index in [-0.39, 0.29) is 5.91 Å². The minimum Gasteiger partial charge on any atom is -0.339 e. The van der Waals surface area contributed by atoms with Gasteiger partial charge in [0.15, 0.2) is 0 Å². The third kappa shape index (κ3) is 3.60. The first kappa shape index (κ1) is 14.6. The van der Waals surface area contributed by atoms with Crippen LogP contribution in [0.4, 0.5) is 13.2 Å². The van der Waals surface area contributed by atoms with Crippen LogP contribution in [0.3, 0.4) is 0 Å². The fraction of sp³-hybridized carbons (Fsp3) is 0.917. The molecule has 2 fully saturated rings. The molecule has 1 atom stereocenters. The molecule has 0 aromatic rings. The van der Waals surface area contributed by atoms with Crippen molar-refractivity contribution >= 4 is 5.91 Å². The zero-order valence-corrected chi connectivity index (χ0v) is 11.1. The van der Waals surface area contributed by atoms with Gasteiger partial charge in [0.05, 0.1) is 12.1 Å². The van der Waals surface area contributed by atoms with E-state index in [0.717, 1.165) is 19.4 Å². The molecule has 4 nitrogen and oxygen atoms in total. The third-order valence-electron chi connectivity index (χ3n) is 3.90. The molecule has 0 aromatic carbocycles. The molecule has 0 bridgehead atoms. The Kier molecular flexibility index (Phi) is 4.06. The molecule has 2 heterocycles. The van der Waals surface area contributed by atoms with Gasteiger partial charge in [0, 0.05) is 26.2 Å². The predicted octanol–water partition coefficient (Wildman–Crippen LogP) is 0.835. The summed E-state index contributed by atoms with van der Waals surface area (Å²) in [6, 6.07) is 0. The second-order valence-corrected chi connectivity index (χ2v) is 5.55. The maximum atomic E-state index is 12.3. The quantitative estimate of drug-likeness (QED) is 0.813. The van der Waals surface area contributed by atoms with E-state index in [4.69, 9.17) is 0 Å². The van der Waals surface area contributed by atoms with Crippen LogP contribution in [0.15, 0.2) is 0 Å². The second-order valence-electron chi connectivity index (χ2n) is 5.55. The molecule has 0 aromatic heterocycles. The maximum absolute atomic E-state index is 12.3. The number of carbonyl (C=O) groups is 1. The fourth-order valence-electron chi connectivity index (χ4n) is 2.79. The number of amides is 1. The molecular formula is C12H20F3N3O. The lowest BCUT2D eigenvalue weighted by molar-refractivity contribution is -0.153. The lowest BCUT2D eigenvalue weighted by Gasteiger charge is -2.38. The number of nitrogens with zero attached hydrogens (tertiary/aromatic N) is 2. The molecule has 2 aliphatic rings. The Labute approximate surface area is 110 Å². The molecule has 110 valence electrons. The highest BCUT2D eigenvalue weighted by Crippen LogP contribution is 2.23. The van der Waals surface area contributed by atoms with E-state index in [2.05, 4.69) is 5.32 Å². The van der Waals surface area contributed by atoms with Gasteiger partial charge in [-0.1, -0.05) is 0 Å². The van der Waals surface area contributed by atoms with Crippen LogP contribution in [0.25, 0.3) is 0 Å². The first-order chi connectivity index (χ1) is 8.80. The Hall–Kier alpha value is -0.820. The summed E-state index contributed by atoms with van der Waals surface area (Å²) in [7, 11) is 0. The van der Waals surface area contributed by atoms with Crippen LogP contribution in [0.5, 0.6) is 0 Å². The minimum atomic E-state index is -4.16. The molecule has 1 unspecified atom stereocenters. The van der Waals surface area contributed by atoms with Gasteiger partial charge < -0.3 is 10.2 Å². The molecular weight excluding hydrogens is 259 g/mol. The number of nitrogens with one attached hydrogen (secondary N) is 1. The molecule has 0 spiro atoms. The van der Waals surface area contributed by atoms with Gasteiger partial charge in [-0.05, 0) is 26.3 Å². The van der Waals surface area contributed by atoms with Crippen molar-refractivity contribution < 1.29 is 18.0 Å². The van der Waals surface area contributed by atoms with Crippen molar-refractivity contribution in [1.29, 1.82) is 0 Å². The van der Waals surface area contributed by atoms with E-state index < -0.39 is 18.3 Å². The predicted molar refractivity (Wildman–Crippen MR) is 64.7 cm³/mol. The number of carbonyl (C=O) groups excluding carboxylic acids is 1. The number of halogens is 3. The molecule has 1 N–H and O–H groups in total. The first-order valence-electron chi connectivity index (χ1n) is 6.64. The Morgan fingerprint density at radius 2 is 1.89 bits per heavy atom. The largest absolute Gasteiger partial charge is 0.401 e. The highest BCUT2D eigenvalue weighted by atomic mass is 19.4. The molecule has 0 aliphatic carbocycles. The van der Waals surface area contributed by atoms with Gasteiger partial charge in [-0.25, -0.2) is 0 Å². The van der Waals surface area contributed by atoms with Crippen LogP contribution in [-0.2, 0) is 4.79 Å². The topological polar surface area (TPSA) is 35.6 Å². The van der Waals surface area contributed by atoms with Gasteiger partial charge in [0.2, 0.25) is 5.91 Å². The van der Waals surface area contributed by atoms with Crippen LogP contribution in [-0.4, -0.2) is 66.7 Å². The lowest BCUT2D eigenvalue weighted by Crippen LogP contribution is -2.58. The van der Waals surface area contributed by atoms with Crippen molar-refractivity contribution in [3.8, 4) is 0 Å². The molecule has 7 heteroatoms. The van der Waals surface area contributed by atoms with Crippen LogP contribution < -0.4 is 5.32 Å². The Morgan fingerprint density at radius 3 is 2.37 bits per heavy atom. The van der Waals surface area contributed by atoms with Crippen molar-refractivity contribution in [2.75, 3.05) is 39.3 Å². The number of hydrogen-bond acceptors (Lipinski definition) is 3. The van der Waals surface area contributed by atoms with Crippen molar-refractivity contribution in [3.63, 3.8) is 0 Å². The Bertz CT molecular complexity index is 332. The average molecular weight is 279 g/mol. The number of hydrogen-bond donors (Lipinski definition) is 1.